The van der Waals surface area contributed by atoms with Gasteiger partial charge in [-0.05, 0) is 30.7 Å². The Balaban J connectivity index is 1.80. The SMILES string of the molecule is Cc1cccc(C2(N)CC2C2CCCC2)c1. The van der Waals surface area contributed by atoms with Gasteiger partial charge in [0.05, 0.1) is 0 Å². The van der Waals surface area contributed by atoms with Crippen LogP contribution in [0.4, 0.5) is 0 Å². The van der Waals surface area contributed by atoms with Crippen LogP contribution in [0.1, 0.15) is 43.2 Å². The summed E-state index contributed by atoms with van der Waals surface area (Å²) >= 11 is 0. The van der Waals surface area contributed by atoms with E-state index in [9.17, 15) is 0 Å². The normalized spacial score (nSPS) is 34.2. The molecule has 1 aromatic carbocycles. The lowest BCUT2D eigenvalue weighted by molar-refractivity contribution is 0.428. The molecule has 2 saturated carbocycles. The maximum absolute atomic E-state index is 6.56. The first-order chi connectivity index (χ1) is 7.70. The van der Waals surface area contributed by atoms with Crippen LogP contribution in [0.2, 0.25) is 0 Å². The zero-order valence-corrected chi connectivity index (χ0v) is 10.1. The number of rotatable bonds is 2. The van der Waals surface area contributed by atoms with Crippen molar-refractivity contribution in [3.63, 3.8) is 0 Å². The van der Waals surface area contributed by atoms with Gasteiger partial charge in [-0.15, -0.1) is 0 Å². The summed E-state index contributed by atoms with van der Waals surface area (Å²) in [7, 11) is 0. The standard InChI is InChI=1S/C15H21N/c1-11-5-4-8-13(9-11)15(16)10-14(15)12-6-2-3-7-12/h4-5,8-9,12,14H,2-3,6-7,10,16H2,1H3. The summed E-state index contributed by atoms with van der Waals surface area (Å²) in [6.07, 6.45) is 6.88. The van der Waals surface area contributed by atoms with E-state index < -0.39 is 0 Å². The Morgan fingerprint density at radius 3 is 2.69 bits per heavy atom. The van der Waals surface area contributed by atoms with Gasteiger partial charge in [0, 0.05) is 5.54 Å². The summed E-state index contributed by atoms with van der Waals surface area (Å²) in [5, 5.41) is 0. The van der Waals surface area contributed by atoms with Gasteiger partial charge in [-0.2, -0.15) is 0 Å². The van der Waals surface area contributed by atoms with E-state index in [2.05, 4.69) is 31.2 Å². The van der Waals surface area contributed by atoms with Crippen molar-refractivity contribution in [2.45, 2.75) is 44.6 Å². The van der Waals surface area contributed by atoms with Crippen LogP contribution < -0.4 is 5.73 Å². The molecule has 16 heavy (non-hydrogen) atoms. The van der Waals surface area contributed by atoms with Gasteiger partial charge in [0.15, 0.2) is 0 Å². The van der Waals surface area contributed by atoms with Crippen LogP contribution in [0.3, 0.4) is 0 Å². The molecule has 1 aromatic rings. The van der Waals surface area contributed by atoms with Crippen LogP contribution in [0.15, 0.2) is 24.3 Å². The Kier molecular flexibility index (Phi) is 2.32. The first kappa shape index (κ1) is 10.3. The monoisotopic (exact) mass is 215 g/mol. The number of aryl methyl sites for hydroxylation is 1. The summed E-state index contributed by atoms with van der Waals surface area (Å²) in [5.74, 6) is 1.67. The predicted molar refractivity (Wildman–Crippen MR) is 67.1 cm³/mol. The smallest absolute Gasteiger partial charge is 0.0445 e. The molecule has 3 rings (SSSR count). The maximum Gasteiger partial charge on any atom is 0.0445 e. The van der Waals surface area contributed by atoms with Crippen LogP contribution in [-0.2, 0) is 5.54 Å². The molecule has 2 aliphatic rings. The fourth-order valence-electron chi connectivity index (χ4n) is 3.52. The molecule has 2 atom stereocenters. The van der Waals surface area contributed by atoms with Gasteiger partial charge in [-0.25, -0.2) is 0 Å². The van der Waals surface area contributed by atoms with E-state index in [1.54, 1.807) is 0 Å². The van der Waals surface area contributed by atoms with Gasteiger partial charge in [-0.3, -0.25) is 0 Å². The van der Waals surface area contributed by atoms with Gasteiger partial charge in [0.25, 0.3) is 0 Å². The van der Waals surface area contributed by atoms with Gasteiger partial charge < -0.3 is 5.73 Å². The molecule has 1 heteroatoms. The summed E-state index contributed by atoms with van der Waals surface area (Å²) in [5.41, 5.74) is 9.27. The third-order valence-electron chi connectivity index (χ3n) is 4.58. The average Bonchev–Trinajstić information content (AvgIpc) is 2.76. The molecule has 2 unspecified atom stereocenters. The molecule has 0 radical (unpaired) electrons. The minimum Gasteiger partial charge on any atom is -0.321 e. The van der Waals surface area contributed by atoms with Crippen LogP contribution in [0, 0.1) is 18.8 Å². The molecule has 0 saturated heterocycles. The molecule has 0 spiro atoms. The fourth-order valence-corrected chi connectivity index (χ4v) is 3.52. The molecule has 2 fully saturated rings. The van der Waals surface area contributed by atoms with Crippen molar-refractivity contribution in [2.24, 2.45) is 17.6 Å². The van der Waals surface area contributed by atoms with Crippen molar-refractivity contribution < 1.29 is 0 Å². The van der Waals surface area contributed by atoms with E-state index in [4.69, 9.17) is 5.73 Å². The molecule has 0 aromatic heterocycles. The van der Waals surface area contributed by atoms with Crippen LogP contribution >= 0.6 is 0 Å². The molecule has 2 aliphatic carbocycles. The lowest BCUT2D eigenvalue weighted by Crippen LogP contribution is -2.24. The van der Waals surface area contributed by atoms with Crippen LogP contribution in [-0.4, -0.2) is 0 Å². The Bertz CT molecular complexity index is 392. The Hall–Kier alpha value is -0.820. The highest BCUT2D eigenvalue weighted by Gasteiger charge is 2.55. The molecule has 1 nitrogen and oxygen atoms in total. The van der Waals surface area contributed by atoms with Crippen molar-refractivity contribution in [1.82, 2.24) is 0 Å². The van der Waals surface area contributed by atoms with Gasteiger partial charge >= 0.3 is 0 Å². The molecule has 0 aliphatic heterocycles. The van der Waals surface area contributed by atoms with Crippen molar-refractivity contribution in [3.05, 3.63) is 35.4 Å². The quantitative estimate of drug-likeness (QED) is 0.804. The molecule has 0 bridgehead atoms. The molecule has 2 N–H and O–H groups in total. The van der Waals surface area contributed by atoms with Crippen molar-refractivity contribution in [1.29, 1.82) is 0 Å². The topological polar surface area (TPSA) is 26.0 Å². The first-order valence-corrected chi connectivity index (χ1v) is 6.56. The maximum atomic E-state index is 6.56. The average molecular weight is 215 g/mol. The molecule has 0 amide bonds. The minimum absolute atomic E-state index is 0.0149. The van der Waals surface area contributed by atoms with Crippen molar-refractivity contribution in [3.8, 4) is 0 Å². The van der Waals surface area contributed by atoms with Gasteiger partial charge in [0.1, 0.15) is 0 Å². The van der Waals surface area contributed by atoms with Gasteiger partial charge in [0.2, 0.25) is 0 Å². The van der Waals surface area contributed by atoms with Crippen LogP contribution in [0.5, 0.6) is 0 Å². The van der Waals surface area contributed by atoms with E-state index in [1.807, 2.05) is 0 Å². The summed E-state index contributed by atoms with van der Waals surface area (Å²) in [4.78, 5) is 0. The Morgan fingerprint density at radius 2 is 2.00 bits per heavy atom. The Morgan fingerprint density at radius 1 is 1.25 bits per heavy atom. The molecular weight excluding hydrogens is 194 g/mol. The van der Waals surface area contributed by atoms with Crippen LogP contribution in [0.25, 0.3) is 0 Å². The lowest BCUT2D eigenvalue weighted by atomic mass is 9.93. The van der Waals surface area contributed by atoms with Crippen molar-refractivity contribution >= 4 is 0 Å². The molecular formula is C15H21N. The summed E-state index contributed by atoms with van der Waals surface area (Å²) in [6.45, 7) is 2.15. The highest BCUT2D eigenvalue weighted by molar-refractivity contribution is 5.35. The predicted octanol–water partition coefficient (Wildman–Crippen LogP) is 3.36. The highest BCUT2D eigenvalue weighted by Crippen LogP contribution is 2.57. The highest BCUT2D eigenvalue weighted by atomic mass is 14.9. The summed E-state index contributed by atoms with van der Waals surface area (Å²) < 4.78 is 0. The largest absolute Gasteiger partial charge is 0.321 e. The van der Waals surface area contributed by atoms with E-state index in [-0.39, 0.29) is 5.54 Å². The minimum atomic E-state index is 0.0149. The second-order valence-electron chi connectivity index (χ2n) is 5.77. The number of hydrogen-bond donors (Lipinski definition) is 1. The van der Waals surface area contributed by atoms with E-state index in [0.29, 0.717) is 0 Å². The second kappa shape index (κ2) is 3.59. The van der Waals surface area contributed by atoms with E-state index in [0.717, 1.165) is 11.8 Å². The third kappa shape index (κ3) is 1.58. The lowest BCUT2D eigenvalue weighted by Gasteiger charge is -2.16. The van der Waals surface area contributed by atoms with E-state index in [1.165, 1.54) is 43.2 Å². The molecule has 0 heterocycles. The van der Waals surface area contributed by atoms with Crippen molar-refractivity contribution in [2.75, 3.05) is 0 Å². The van der Waals surface area contributed by atoms with Gasteiger partial charge in [-0.1, -0.05) is 55.5 Å². The number of benzene rings is 1. The first-order valence-electron chi connectivity index (χ1n) is 6.56. The van der Waals surface area contributed by atoms with E-state index >= 15 is 0 Å². The third-order valence-corrected chi connectivity index (χ3v) is 4.58. The summed E-state index contributed by atoms with van der Waals surface area (Å²) in [6, 6.07) is 8.78. The zero-order valence-electron chi connectivity index (χ0n) is 10.1. The second-order valence-corrected chi connectivity index (χ2v) is 5.77. The number of nitrogens with two attached hydrogens (primary N) is 1. The number of hydrogen-bond acceptors (Lipinski definition) is 1. The fraction of sp³-hybridized carbons (Fsp3) is 0.600. The molecule has 86 valence electrons. The Labute approximate surface area is 98.0 Å². The zero-order chi connectivity index (χ0) is 11.2.